The minimum absolute atomic E-state index is 0.0640. The van der Waals surface area contributed by atoms with E-state index in [9.17, 15) is 9.59 Å². The highest BCUT2D eigenvalue weighted by Crippen LogP contribution is 2.26. The maximum atomic E-state index is 10.8. The average Bonchev–Trinajstić information content (AvgIpc) is 2.02. The summed E-state index contributed by atoms with van der Waals surface area (Å²) in [6, 6.07) is -0.776. The molecule has 0 aromatic carbocycles. The second-order valence-corrected chi connectivity index (χ2v) is 4.31. The SMILES string of the molecule is CCC(C)(C)C[C@H](NC(C)=O)C(=O)O. The van der Waals surface area contributed by atoms with Crippen LogP contribution in [0.15, 0.2) is 0 Å². The molecule has 1 amide bonds. The Kier molecular flexibility index (Phi) is 4.60. The Labute approximate surface area is 84.7 Å². The van der Waals surface area contributed by atoms with Crippen LogP contribution in [-0.4, -0.2) is 23.0 Å². The first-order valence-corrected chi connectivity index (χ1v) is 4.78. The normalized spacial score (nSPS) is 13.4. The molecule has 0 saturated heterocycles. The zero-order valence-electron chi connectivity index (χ0n) is 9.26. The van der Waals surface area contributed by atoms with Crippen LogP contribution in [0.5, 0.6) is 0 Å². The van der Waals surface area contributed by atoms with Crippen molar-refractivity contribution >= 4 is 11.9 Å². The second kappa shape index (κ2) is 4.98. The van der Waals surface area contributed by atoms with E-state index in [1.807, 2.05) is 20.8 Å². The molecule has 4 nitrogen and oxygen atoms in total. The van der Waals surface area contributed by atoms with Crippen LogP contribution in [0, 0.1) is 5.41 Å². The molecular weight excluding hydrogens is 182 g/mol. The van der Waals surface area contributed by atoms with Crippen LogP contribution in [0.25, 0.3) is 0 Å². The number of carbonyl (C=O) groups excluding carboxylic acids is 1. The zero-order chi connectivity index (χ0) is 11.4. The summed E-state index contributed by atoms with van der Waals surface area (Å²) in [5.41, 5.74) is -0.0640. The van der Waals surface area contributed by atoms with Crippen molar-refractivity contribution in [1.82, 2.24) is 5.32 Å². The van der Waals surface area contributed by atoms with E-state index in [1.54, 1.807) is 0 Å². The summed E-state index contributed by atoms with van der Waals surface area (Å²) in [5.74, 6) is -1.27. The van der Waals surface area contributed by atoms with Crippen LogP contribution in [0.4, 0.5) is 0 Å². The van der Waals surface area contributed by atoms with Gasteiger partial charge in [-0.2, -0.15) is 0 Å². The Hall–Kier alpha value is -1.06. The Bertz CT molecular complexity index is 223. The molecule has 0 rings (SSSR count). The van der Waals surface area contributed by atoms with Crippen molar-refractivity contribution in [3.05, 3.63) is 0 Å². The smallest absolute Gasteiger partial charge is 0.326 e. The third kappa shape index (κ3) is 4.84. The summed E-state index contributed by atoms with van der Waals surface area (Å²) in [5, 5.41) is 11.3. The predicted molar refractivity (Wildman–Crippen MR) is 53.9 cm³/mol. The molecule has 0 heterocycles. The summed E-state index contributed by atoms with van der Waals surface area (Å²) >= 11 is 0. The van der Waals surface area contributed by atoms with Crippen molar-refractivity contribution < 1.29 is 14.7 Å². The molecule has 14 heavy (non-hydrogen) atoms. The van der Waals surface area contributed by atoms with Crippen LogP contribution in [-0.2, 0) is 9.59 Å². The lowest BCUT2D eigenvalue weighted by atomic mass is 9.83. The van der Waals surface area contributed by atoms with Gasteiger partial charge in [-0.15, -0.1) is 0 Å². The summed E-state index contributed by atoms with van der Waals surface area (Å²) in [7, 11) is 0. The lowest BCUT2D eigenvalue weighted by Crippen LogP contribution is -2.42. The highest BCUT2D eigenvalue weighted by Gasteiger charge is 2.26. The molecule has 1 atom stereocenters. The number of carboxylic acids is 1. The van der Waals surface area contributed by atoms with Crippen LogP contribution >= 0.6 is 0 Å². The van der Waals surface area contributed by atoms with Crippen molar-refractivity contribution in [3.63, 3.8) is 0 Å². The highest BCUT2D eigenvalue weighted by atomic mass is 16.4. The van der Waals surface area contributed by atoms with E-state index in [-0.39, 0.29) is 11.3 Å². The van der Waals surface area contributed by atoms with Crippen LogP contribution in [0.2, 0.25) is 0 Å². The molecule has 0 aliphatic carbocycles. The Morgan fingerprint density at radius 1 is 1.43 bits per heavy atom. The van der Waals surface area contributed by atoms with E-state index >= 15 is 0 Å². The van der Waals surface area contributed by atoms with Gasteiger partial charge in [0, 0.05) is 6.92 Å². The van der Waals surface area contributed by atoms with E-state index in [1.165, 1.54) is 6.92 Å². The first kappa shape index (κ1) is 12.9. The number of carbonyl (C=O) groups is 2. The number of carboxylic acid groups (broad SMARTS) is 1. The van der Waals surface area contributed by atoms with Gasteiger partial charge in [0.1, 0.15) is 6.04 Å². The van der Waals surface area contributed by atoms with Gasteiger partial charge in [0.05, 0.1) is 0 Å². The van der Waals surface area contributed by atoms with E-state index in [0.29, 0.717) is 6.42 Å². The molecule has 0 aromatic rings. The molecule has 0 aliphatic rings. The summed E-state index contributed by atoms with van der Waals surface area (Å²) in [6.45, 7) is 7.32. The number of amides is 1. The first-order valence-electron chi connectivity index (χ1n) is 4.78. The molecule has 0 bridgehead atoms. The van der Waals surface area contributed by atoms with Gasteiger partial charge in [0.2, 0.25) is 5.91 Å². The minimum atomic E-state index is -0.971. The molecule has 0 spiro atoms. The average molecular weight is 201 g/mol. The van der Waals surface area contributed by atoms with Crippen molar-refractivity contribution in [3.8, 4) is 0 Å². The Morgan fingerprint density at radius 2 is 1.93 bits per heavy atom. The number of nitrogens with one attached hydrogen (secondary N) is 1. The standard InChI is InChI=1S/C10H19NO3/c1-5-10(3,4)6-8(9(13)14)11-7(2)12/h8H,5-6H2,1-4H3,(H,11,12)(H,13,14)/t8-/m0/s1. The van der Waals surface area contributed by atoms with Crippen molar-refractivity contribution in [1.29, 1.82) is 0 Å². The fourth-order valence-corrected chi connectivity index (χ4v) is 1.14. The molecule has 0 aliphatic heterocycles. The minimum Gasteiger partial charge on any atom is -0.480 e. The number of rotatable bonds is 5. The molecule has 82 valence electrons. The topological polar surface area (TPSA) is 66.4 Å². The lowest BCUT2D eigenvalue weighted by Gasteiger charge is -2.26. The third-order valence-electron chi connectivity index (χ3n) is 2.39. The van der Waals surface area contributed by atoms with E-state index < -0.39 is 12.0 Å². The molecule has 0 radical (unpaired) electrons. The van der Waals surface area contributed by atoms with E-state index in [0.717, 1.165) is 6.42 Å². The van der Waals surface area contributed by atoms with Gasteiger partial charge in [0.25, 0.3) is 0 Å². The molecule has 0 saturated carbocycles. The maximum absolute atomic E-state index is 10.8. The second-order valence-electron chi connectivity index (χ2n) is 4.31. The number of hydrogen-bond acceptors (Lipinski definition) is 2. The van der Waals surface area contributed by atoms with Crippen LogP contribution in [0.3, 0.4) is 0 Å². The summed E-state index contributed by atoms with van der Waals surface area (Å²) in [4.78, 5) is 21.6. The molecule has 2 N–H and O–H groups in total. The molecule has 0 aromatic heterocycles. The number of hydrogen-bond donors (Lipinski definition) is 2. The highest BCUT2D eigenvalue weighted by molar-refractivity contribution is 5.82. The van der Waals surface area contributed by atoms with Crippen molar-refractivity contribution in [2.24, 2.45) is 5.41 Å². The summed E-state index contributed by atoms with van der Waals surface area (Å²) in [6.07, 6.45) is 1.34. The van der Waals surface area contributed by atoms with E-state index in [2.05, 4.69) is 5.32 Å². The quantitative estimate of drug-likeness (QED) is 0.706. The van der Waals surface area contributed by atoms with Gasteiger partial charge in [-0.05, 0) is 11.8 Å². The van der Waals surface area contributed by atoms with Gasteiger partial charge in [-0.3, -0.25) is 4.79 Å². The lowest BCUT2D eigenvalue weighted by molar-refractivity contribution is -0.142. The predicted octanol–water partition coefficient (Wildman–Crippen LogP) is 1.40. The molecule has 0 unspecified atom stereocenters. The van der Waals surface area contributed by atoms with Crippen molar-refractivity contribution in [2.75, 3.05) is 0 Å². The third-order valence-corrected chi connectivity index (χ3v) is 2.39. The molecule has 0 fully saturated rings. The van der Waals surface area contributed by atoms with E-state index in [4.69, 9.17) is 5.11 Å². The molecular formula is C10H19NO3. The summed E-state index contributed by atoms with van der Waals surface area (Å²) < 4.78 is 0. The van der Waals surface area contributed by atoms with Crippen LogP contribution in [0.1, 0.15) is 40.5 Å². The largest absolute Gasteiger partial charge is 0.480 e. The first-order chi connectivity index (χ1) is 6.28. The van der Waals surface area contributed by atoms with Gasteiger partial charge in [-0.1, -0.05) is 27.2 Å². The zero-order valence-corrected chi connectivity index (χ0v) is 9.26. The van der Waals surface area contributed by atoms with Crippen molar-refractivity contribution in [2.45, 2.75) is 46.6 Å². The Morgan fingerprint density at radius 3 is 2.21 bits per heavy atom. The fourth-order valence-electron chi connectivity index (χ4n) is 1.14. The van der Waals surface area contributed by atoms with Gasteiger partial charge >= 0.3 is 5.97 Å². The maximum Gasteiger partial charge on any atom is 0.326 e. The van der Waals surface area contributed by atoms with Gasteiger partial charge in [-0.25, -0.2) is 4.79 Å². The van der Waals surface area contributed by atoms with Gasteiger partial charge in [0.15, 0.2) is 0 Å². The monoisotopic (exact) mass is 201 g/mol. The number of aliphatic carboxylic acids is 1. The van der Waals surface area contributed by atoms with Crippen LogP contribution < -0.4 is 5.32 Å². The fraction of sp³-hybridized carbons (Fsp3) is 0.800. The van der Waals surface area contributed by atoms with Gasteiger partial charge < -0.3 is 10.4 Å². The molecule has 4 heteroatoms. The Balaban J connectivity index is 4.38.